The molecular weight excluding hydrogens is 380 g/mol. The highest BCUT2D eigenvalue weighted by atomic mass is 35.5. The molecule has 0 spiro atoms. The van der Waals surface area contributed by atoms with Gasteiger partial charge in [0, 0.05) is 31.6 Å². The fraction of sp³-hybridized carbons (Fsp3) is 0.471. The molecule has 2 heterocycles. The van der Waals surface area contributed by atoms with Gasteiger partial charge in [-0.05, 0) is 38.1 Å². The van der Waals surface area contributed by atoms with Crippen LogP contribution in [-0.2, 0) is 17.8 Å². The molecule has 0 atom stereocenters. The largest absolute Gasteiger partial charge is 0.326 e. The van der Waals surface area contributed by atoms with E-state index in [9.17, 15) is 9.18 Å². The van der Waals surface area contributed by atoms with E-state index < -0.39 is 0 Å². The van der Waals surface area contributed by atoms with Crippen molar-refractivity contribution in [3.05, 3.63) is 29.8 Å². The van der Waals surface area contributed by atoms with Crippen LogP contribution in [0.2, 0.25) is 0 Å². The van der Waals surface area contributed by atoms with Crippen LogP contribution in [0.3, 0.4) is 0 Å². The number of hydrogen-bond donors (Lipinski definition) is 2. The van der Waals surface area contributed by atoms with E-state index in [1.807, 2.05) is 4.57 Å². The molecule has 1 amide bonds. The van der Waals surface area contributed by atoms with Crippen molar-refractivity contribution in [1.29, 1.82) is 0 Å². The third kappa shape index (κ3) is 5.16. The van der Waals surface area contributed by atoms with E-state index in [-0.39, 0.29) is 36.5 Å². The molecule has 0 unspecified atom stereocenters. The van der Waals surface area contributed by atoms with Crippen LogP contribution in [0.4, 0.5) is 10.1 Å². The molecule has 1 aliphatic heterocycles. The summed E-state index contributed by atoms with van der Waals surface area (Å²) in [5.41, 5.74) is 0.945. The molecule has 0 saturated carbocycles. The molecule has 2 aromatic rings. The Hall–Kier alpha value is -1.70. The second-order valence-corrected chi connectivity index (χ2v) is 6.00. The lowest BCUT2D eigenvalue weighted by Gasteiger charge is -2.10. The molecule has 0 aliphatic carbocycles. The monoisotopic (exact) mass is 403 g/mol. The van der Waals surface area contributed by atoms with Gasteiger partial charge in [0.25, 0.3) is 0 Å². The number of nitrogens with zero attached hydrogens (tertiary/aromatic N) is 3. The van der Waals surface area contributed by atoms with Crippen molar-refractivity contribution >= 4 is 36.4 Å². The first-order chi connectivity index (χ1) is 11.7. The maximum Gasteiger partial charge on any atom is 0.225 e. The van der Waals surface area contributed by atoms with Gasteiger partial charge in [0.1, 0.15) is 11.6 Å². The topological polar surface area (TPSA) is 71.8 Å². The molecule has 6 nitrogen and oxygen atoms in total. The minimum Gasteiger partial charge on any atom is -0.326 e. The number of fused-ring (bicyclic) bond motifs is 1. The van der Waals surface area contributed by atoms with Crippen LogP contribution in [0.25, 0.3) is 11.4 Å². The zero-order valence-corrected chi connectivity index (χ0v) is 16.3. The molecule has 1 aliphatic rings. The summed E-state index contributed by atoms with van der Waals surface area (Å²) in [6.45, 7) is 1.40. The average molecular weight is 404 g/mol. The first-order valence-electron chi connectivity index (χ1n) is 8.35. The average Bonchev–Trinajstić information content (AvgIpc) is 2.83. The lowest BCUT2D eigenvalue weighted by Crippen LogP contribution is -2.18. The van der Waals surface area contributed by atoms with Crippen molar-refractivity contribution in [2.75, 3.05) is 18.9 Å². The molecule has 0 radical (unpaired) electrons. The number of nitrogens with one attached hydrogen (secondary N) is 2. The van der Waals surface area contributed by atoms with Gasteiger partial charge in [0.15, 0.2) is 5.82 Å². The minimum absolute atomic E-state index is 0. The lowest BCUT2D eigenvalue weighted by molar-refractivity contribution is -0.116. The first kappa shape index (κ1) is 22.3. The molecule has 3 rings (SSSR count). The molecule has 0 bridgehead atoms. The zero-order valence-electron chi connectivity index (χ0n) is 14.6. The van der Waals surface area contributed by atoms with Gasteiger partial charge in [0.05, 0.1) is 5.56 Å². The molecule has 1 aromatic heterocycles. The fourth-order valence-corrected chi connectivity index (χ4v) is 2.92. The van der Waals surface area contributed by atoms with Crippen molar-refractivity contribution in [2.45, 2.75) is 38.6 Å². The highest BCUT2D eigenvalue weighted by Gasteiger charge is 2.19. The van der Waals surface area contributed by atoms with Crippen LogP contribution in [0.1, 0.15) is 31.5 Å². The number of halogens is 3. The van der Waals surface area contributed by atoms with Gasteiger partial charge in [-0.3, -0.25) is 4.79 Å². The standard InChI is InChI=1S/C17H22FN5O.2ClH/c1-19-9-8-16(24)20-12-6-7-14(18)13(11-12)17-22-21-15-5-3-2-4-10-23(15)17;;/h6-7,11,19H,2-5,8-10H2,1H3,(H,20,24);2*1H. The number of anilines is 1. The Morgan fingerprint density at radius 3 is 2.81 bits per heavy atom. The van der Waals surface area contributed by atoms with Gasteiger partial charge in [0.2, 0.25) is 5.91 Å². The predicted molar refractivity (Wildman–Crippen MR) is 105 cm³/mol. The number of aromatic nitrogens is 3. The van der Waals surface area contributed by atoms with Gasteiger partial charge in [-0.1, -0.05) is 6.42 Å². The van der Waals surface area contributed by atoms with E-state index in [0.29, 0.717) is 30.0 Å². The van der Waals surface area contributed by atoms with E-state index in [4.69, 9.17) is 0 Å². The zero-order chi connectivity index (χ0) is 16.9. The Kier molecular flexibility index (Phi) is 8.98. The summed E-state index contributed by atoms with van der Waals surface area (Å²) in [5, 5.41) is 14.1. The van der Waals surface area contributed by atoms with Gasteiger partial charge in [-0.2, -0.15) is 0 Å². The highest BCUT2D eigenvalue weighted by Crippen LogP contribution is 2.27. The first-order valence-corrected chi connectivity index (χ1v) is 8.35. The smallest absolute Gasteiger partial charge is 0.225 e. The van der Waals surface area contributed by atoms with Crippen LogP contribution in [-0.4, -0.2) is 34.3 Å². The maximum absolute atomic E-state index is 14.3. The Bertz CT molecular complexity index is 738. The number of hydrogen-bond acceptors (Lipinski definition) is 4. The van der Waals surface area contributed by atoms with Crippen molar-refractivity contribution in [3.63, 3.8) is 0 Å². The van der Waals surface area contributed by atoms with Gasteiger partial charge < -0.3 is 15.2 Å². The number of carbonyl (C=O) groups excluding carboxylic acids is 1. The van der Waals surface area contributed by atoms with Crippen LogP contribution in [0.5, 0.6) is 0 Å². The molecule has 26 heavy (non-hydrogen) atoms. The Morgan fingerprint density at radius 2 is 2.04 bits per heavy atom. The number of rotatable bonds is 5. The van der Waals surface area contributed by atoms with Crippen LogP contribution in [0.15, 0.2) is 18.2 Å². The Labute approximate surface area is 164 Å². The number of amides is 1. The summed E-state index contributed by atoms with van der Waals surface area (Å²) in [6, 6.07) is 4.56. The molecule has 144 valence electrons. The van der Waals surface area contributed by atoms with Crippen LogP contribution < -0.4 is 10.6 Å². The van der Waals surface area contributed by atoms with Crippen LogP contribution in [0, 0.1) is 5.82 Å². The number of benzene rings is 1. The van der Waals surface area contributed by atoms with Gasteiger partial charge >= 0.3 is 0 Å². The molecule has 9 heteroatoms. The van der Waals surface area contributed by atoms with E-state index in [2.05, 4.69) is 20.8 Å². The molecule has 2 N–H and O–H groups in total. The molecule has 0 fully saturated rings. The maximum atomic E-state index is 14.3. The summed E-state index contributed by atoms with van der Waals surface area (Å²) in [4.78, 5) is 11.9. The number of carbonyl (C=O) groups is 1. The third-order valence-corrected chi connectivity index (χ3v) is 4.20. The molecule has 1 aromatic carbocycles. The Balaban J connectivity index is 0.00000169. The normalized spacial score (nSPS) is 13.0. The van der Waals surface area contributed by atoms with E-state index in [0.717, 1.165) is 38.1 Å². The fourth-order valence-electron chi connectivity index (χ4n) is 2.92. The summed E-state index contributed by atoms with van der Waals surface area (Å²) in [7, 11) is 1.79. The van der Waals surface area contributed by atoms with Gasteiger partial charge in [-0.25, -0.2) is 4.39 Å². The second kappa shape index (κ2) is 10.4. The van der Waals surface area contributed by atoms with Crippen LogP contribution >= 0.6 is 24.8 Å². The third-order valence-electron chi connectivity index (χ3n) is 4.20. The SMILES string of the molecule is CNCCC(=O)Nc1ccc(F)c(-c2nnc3n2CCCCC3)c1.Cl.Cl. The van der Waals surface area contributed by atoms with E-state index >= 15 is 0 Å². The van der Waals surface area contributed by atoms with E-state index in [1.54, 1.807) is 19.2 Å². The summed E-state index contributed by atoms with van der Waals surface area (Å²) < 4.78 is 16.3. The Morgan fingerprint density at radius 1 is 1.23 bits per heavy atom. The predicted octanol–water partition coefficient (Wildman–Crippen LogP) is 3.20. The summed E-state index contributed by atoms with van der Waals surface area (Å²) in [6.07, 6.45) is 4.51. The van der Waals surface area contributed by atoms with E-state index in [1.165, 1.54) is 6.07 Å². The summed E-state index contributed by atoms with van der Waals surface area (Å²) in [5.74, 6) is 0.978. The van der Waals surface area contributed by atoms with Crippen molar-refractivity contribution in [3.8, 4) is 11.4 Å². The van der Waals surface area contributed by atoms with Gasteiger partial charge in [-0.15, -0.1) is 35.0 Å². The van der Waals surface area contributed by atoms with Crippen molar-refractivity contribution in [2.24, 2.45) is 0 Å². The lowest BCUT2D eigenvalue weighted by atomic mass is 10.1. The number of aryl methyl sites for hydroxylation is 1. The van der Waals surface area contributed by atoms with Crippen molar-refractivity contribution in [1.82, 2.24) is 20.1 Å². The highest BCUT2D eigenvalue weighted by molar-refractivity contribution is 5.91. The summed E-state index contributed by atoms with van der Waals surface area (Å²) >= 11 is 0. The second-order valence-electron chi connectivity index (χ2n) is 6.00. The van der Waals surface area contributed by atoms with Crippen molar-refractivity contribution < 1.29 is 9.18 Å². The quantitative estimate of drug-likeness (QED) is 0.803. The molecular formula is C17H24Cl2FN5O. The molecule has 0 saturated heterocycles. The minimum atomic E-state index is -0.359.